The van der Waals surface area contributed by atoms with Gasteiger partial charge in [0.05, 0.1) is 28.4 Å². The van der Waals surface area contributed by atoms with Crippen molar-refractivity contribution in [2.75, 3.05) is 17.2 Å². The van der Waals surface area contributed by atoms with E-state index in [-0.39, 0.29) is 23.8 Å². The second-order valence-corrected chi connectivity index (χ2v) is 8.48. The number of thioether (sulfide) groups is 1. The minimum Gasteiger partial charge on any atom is -0.298 e. The molecule has 0 aliphatic rings. The zero-order valence-corrected chi connectivity index (χ0v) is 19.2. The normalized spacial score (nSPS) is 10.7. The number of aryl methyl sites for hydroxylation is 1. The molecule has 0 saturated heterocycles. The van der Waals surface area contributed by atoms with Crippen LogP contribution in [0.5, 0.6) is 0 Å². The molecular weight excluding hydrogens is 432 g/mol. The van der Waals surface area contributed by atoms with E-state index in [0.717, 1.165) is 16.8 Å². The first kappa shape index (κ1) is 22.3. The molecule has 0 atom stereocenters. The van der Waals surface area contributed by atoms with Crippen LogP contribution in [-0.2, 0) is 4.79 Å². The highest BCUT2D eigenvalue weighted by Gasteiger charge is 2.20. The van der Waals surface area contributed by atoms with Gasteiger partial charge in [0.15, 0.2) is 5.16 Å². The Labute approximate surface area is 196 Å². The van der Waals surface area contributed by atoms with Crippen LogP contribution < -0.4 is 10.5 Å². The van der Waals surface area contributed by atoms with Gasteiger partial charge in [-0.15, -0.1) is 0 Å². The van der Waals surface area contributed by atoms with Gasteiger partial charge in [0, 0.05) is 5.69 Å². The summed E-state index contributed by atoms with van der Waals surface area (Å²) in [6.45, 7) is 3.91. The summed E-state index contributed by atoms with van der Waals surface area (Å²) in [4.78, 5) is 32.7. The van der Waals surface area contributed by atoms with Gasteiger partial charge >= 0.3 is 0 Å². The van der Waals surface area contributed by atoms with Gasteiger partial charge in [-0.25, -0.2) is 4.98 Å². The molecule has 0 aliphatic heterocycles. The highest BCUT2D eigenvalue weighted by molar-refractivity contribution is 7.99. The Bertz CT molecular complexity index is 1420. The van der Waals surface area contributed by atoms with Crippen molar-refractivity contribution in [3.05, 3.63) is 94.3 Å². The standard InChI is InChI=1S/C26H22N4O2S/c1-18-9-8-14-23(19(18)2)30-25(32)21-12-6-7-13-22(21)28-26(30)33-17-24(31)29(16-15-27)20-10-4-3-5-11-20/h3-14H,16-17H2,1-2H3. The van der Waals surface area contributed by atoms with E-state index in [1.807, 2.05) is 62.4 Å². The van der Waals surface area contributed by atoms with E-state index in [4.69, 9.17) is 4.98 Å². The second-order valence-electron chi connectivity index (χ2n) is 7.53. The molecule has 7 heteroatoms. The number of nitrogens with zero attached hydrogens (tertiary/aromatic N) is 4. The fraction of sp³-hybridized carbons (Fsp3) is 0.154. The molecule has 0 bridgehead atoms. The quantitative estimate of drug-likeness (QED) is 0.241. The zero-order chi connectivity index (χ0) is 23.4. The summed E-state index contributed by atoms with van der Waals surface area (Å²) >= 11 is 1.19. The lowest BCUT2D eigenvalue weighted by atomic mass is 10.1. The maximum atomic E-state index is 13.5. The van der Waals surface area contributed by atoms with Gasteiger partial charge < -0.3 is 0 Å². The average Bonchev–Trinajstić information content (AvgIpc) is 2.84. The van der Waals surface area contributed by atoms with Crippen molar-refractivity contribution in [1.29, 1.82) is 5.26 Å². The Balaban J connectivity index is 1.76. The van der Waals surface area contributed by atoms with Crippen molar-refractivity contribution in [2.24, 2.45) is 0 Å². The summed E-state index contributed by atoms with van der Waals surface area (Å²) in [6.07, 6.45) is 0. The molecule has 4 aromatic rings. The Morgan fingerprint density at radius 2 is 1.76 bits per heavy atom. The van der Waals surface area contributed by atoms with E-state index in [9.17, 15) is 14.9 Å². The van der Waals surface area contributed by atoms with E-state index in [0.29, 0.717) is 21.7 Å². The van der Waals surface area contributed by atoms with E-state index in [1.54, 1.807) is 28.8 Å². The van der Waals surface area contributed by atoms with Crippen molar-refractivity contribution >= 4 is 34.3 Å². The number of benzene rings is 3. The number of para-hydroxylation sites is 2. The zero-order valence-electron chi connectivity index (χ0n) is 18.4. The van der Waals surface area contributed by atoms with Gasteiger partial charge in [-0.05, 0) is 55.3 Å². The molecular formula is C26H22N4O2S. The maximum absolute atomic E-state index is 13.5. The van der Waals surface area contributed by atoms with Gasteiger partial charge in [0.25, 0.3) is 5.56 Å². The van der Waals surface area contributed by atoms with Crippen LogP contribution >= 0.6 is 11.8 Å². The summed E-state index contributed by atoms with van der Waals surface area (Å²) < 4.78 is 1.58. The molecule has 0 aliphatic carbocycles. The van der Waals surface area contributed by atoms with Crippen LogP contribution in [-0.4, -0.2) is 27.8 Å². The number of rotatable bonds is 6. The fourth-order valence-corrected chi connectivity index (χ4v) is 4.49. The van der Waals surface area contributed by atoms with Crippen LogP contribution in [0.15, 0.2) is 82.7 Å². The first-order valence-electron chi connectivity index (χ1n) is 10.4. The number of amides is 1. The van der Waals surface area contributed by atoms with Crippen molar-refractivity contribution < 1.29 is 4.79 Å². The van der Waals surface area contributed by atoms with Gasteiger partial charge in [-0.2, -0.15) is 5.26 Å². The summed E-state index contributed by atoms with van der Waals surface area (Å²) in [5, 5.41) is 10.2. The van der Waals surface area contributed by atoms with Crippen molar-refractivity contribution in [3.63, 3.8) is 0 Å². The predicted octanol–water partition coefficient (Wildman–Crippen LogP) is 4.65. The van der Waals surface area contributed by atoms with Crippen LogP contribution in [0.3, 0.4) is 0 Å². The Morgan fingerprint density at radius 3 is 2.52 bits per heavy atom. The lowest BCUT2D eigenvalue weighted by Crippen LogP contribution is -2.33. The van der Waals surface area contributed by atoms with Gasteiger partial charge in [-0.1, -0.05) is 54.2 Å². The number of nitriles is 1. The first-order valence-corrected chi connectivity index (χ1v) is 11.4. The SMILES string of the molecule is Cc1cccc(-n2c(SCC(=O)N(CC#N)c3ccccc3)nc3ccccc3c2=O)c1C. The van der Waals surface area contributed by atoms with Gasteiger partial charge in [-0.3, -0.25) is 19.1 Å². The van der Waals surface area contributed by atoms with Crippen molar-refractivity contribution in [3.8, 4) is 11.8 Å². The number of carbonyl (C=O) groups excluding carboxylic acids is 1. The van der Waals surface area contributed by atoms with Crippen LogP contribution in [0.4, 0.5) is 5.69 Å². The third-order valence-corrected chi connectivity index (χ3v) is 6.41. The van der Waals surface area contributed by atoms with E-state index >= 15 is 0 Å². The van der Waals surface area contributed by atoms with Crippen molar-refractivity contribution in [1.82, 2.24) is 9.55 Å². The molecule has 1 heterocycles. The number of hydrogen-bond acceptors (Lipinski definition) is 5. The van der Waals surface area contributed by atoms with Crippen molar-refractivity contribution in [2.45, 2.75) is 19.0 Å². The second kappa shape index (κ2) is 9.72. The molecule has 0 fully saturated rings. The van der Waals surface area contributed by atoms with Gasteiger partial charge in [0.1, 0.15) is 6.54 Å². The molecule has 4 rings (SSSR count). The number of carbonyl (C=O) groups is 1. The highest BCUT2D eigenvalue weighted by atomic mass is 32.2. The molecule has 0 radical (unpaired) electrons. The Morgan fingerprint density at radius 1 is 1.03 bits per heavy atom. The molecule has 164 valence electrons. The fourth-order valence-electron chi connectivity index (χ4n) is 3.61. The maximum Gasteiger partial charge on any atom is 0.266 e. The Hall–Kier alpha value is -3.89. The molecule has 3 aromatic carbocycles. The lowest BCUT2D eigenvalue weighted by molar-refractivity contribution is -0.116. The summed E-state index contributed by atoms with van der Waals surface area (Å²) in [7, 11) is 0. The largest absolute Gasteiger partial charge is 0.298 e. The smallest absolute Gasteiger partial charge is 0.266 e. The van der Waals surface area contributed by atoms with Crippen LogP contribution in [0.1, 0.15) is 11.1 Å². The van der Waals surface area contributed by atoms with E-state index in [2.05, 4.69) is 6.07 Å². The minimum absolute atomic E-state index is 0.0339. The molecule has 0 spiro atoms. The van der Waals surface area contributed by atoms with Gasteiger partial charge in [0.2, 0.25) is 5.91 Å². The van der Waals surface area contributed by atoms with Crippen LogP contribution in [0.25, 0.3) is 16.6 Å². The minimum atomic E-state index is -0.234. The average molecular weight is 455 g/mol. The topological polar surface area (TPSA) is 79.0 Å². The van der Waals surface area contributed by atoms with E-state index < -0.39 is 0 Å². The third-order valence-electron chi connectivity index (χ3n) is 5.48. The number of hydrogen-bond donors (Lipinski definition) is 0. The highest BCUT2D eigenvalue weighted by Crippen LogP contribution is 2.25. The molecule has 0 unspecified atom stereocenters. The molecule has 0 N–H and O–H groups in total. The third kappa shape index (κ3) is 4.52. The molecule has 1 aromatic heterocycles. The molecule has 6 nitrogen and oxygen atoms in total. The summed E-state index contributed by atoms with van der Waals surface area (Å²) in [6, 6.07) is 24.1. The number of fused-ring (bicyclic) bond motifs is 1. The monoisotopic (exact) mass is 454 g/mol. The predicted molar refractivity (Wildman–Crippen MR) is 132 cm³/mol. The molecule has 1 amide bonds. The van der Waals surface area contributed by atoms with Crippen LogP contribution in [0.2, 0.25) is 0 Å². The number of anilines is 1. The Kier molecular flexibility index (Phi) is 6.57. The van der Waals surface area contributed by atoms with E-state index in [1.165, 1.54) is 16.7 Å². The van der Waals surface area contributed by atoms with Crippen LogP contribution in [0, 0.1) is 25.2 Å². The number of aromatic nitrogens is 2. The molecule has 0 saturated carbocycles. The molecule has 33 heavy (non-hydrogen) atoms. The summed E-state index contributed by atoms with van der Waals surface area (Å²) in [5.41, 5.74) is 3.83. The summed E-state index contributed by atoms with van der Waals surface area (Å²) in [5.74, 6) is -0.200. The first-order chi connectivity index (χ1) is 16.0. The lowest BCUT2D eigenvalue weighted by Gasteiger charge is -2.20.